The summed E-state index contributed by atoms with van der Waals surface area (Å²) in [5.74, 6) is -0.00990. The Balaban J connectivity index is 1.67. The second-order valence-electron chi connectivity index (χ2n) is 7.67. The van der Waals surface area contributed by atoms with Gasteiger partial charge in [0.2, 0.25) is 10.0 Å². The quantitative estimate of drug-likeness (QED) is 0.630. The zero-order chi connectivity index (χ0) is 22.4. The average Bonchev–Trinajstić information content (AvgIpc) is 2.77. The number of nitrogens with one attached hydrogen (secondary N) is 1. The number of methoxy groups -OCH3 is 1. The molecule has 2 aromatic rings. The van der Waals surface area contributed by atoms with Gasteiger partial charge in [-0.15, -0.1) is 0 Å². The molecule has 1 heterocycles. The lowest BCUT2D eigenvalue weighted by atomic mass is 10.0. The van der Waals surface area contributed by atoms with Crippen molar-refractivity contribution in [2.45, 2.75) is 31.6 Å². The van der Waals surface area contributed by atoms with Crippen molar-refractivity contribution >= 4 is 15.9 Å². The van der Waals surface area contributed by atoms with Crippen LogP contribution in [0, 0.1) is 13.8 Å². The van der Waals surface area contributed by atoms with E-state index in [4.69, 9.17) is 9.47 Å². The first-order valence-electron chi connectivity index (χ1n) is 10.4. The highest BCUT2D eigenvalue weighted by Gasteiger charge is 2.28. The number of benzene rings is 2. The summed E-state index contributed by atoms with van der Waals surface area (Å²) in [6, 6.07) is 10.8. The van der Waals surface area contributed by atoms with E-state index in [1.807, 2.05) is 0 Å². The van der Waals surface area contributed by atoms with E-state index in [9.17, 15) is 13.2 Å². The monoisotopic (exact) mass is 446 g/mol. The Labute approximate surface area is 184 Å². The van der Waals surface area contributed by atoms with Gasteiger partial charge >= 0.3 is 0 Å². The third-order valence-electron chi connectivity index (χ3n) is 5.43. The molecule has 2 aromatic carbocycles. The van der Waals surface area contributed by atoms with Gasteiger partial charge in [-0.3, -0.25) is 4.79 Å². The van der Waals surface area contributed by atoms with Crippen LogP contribution in [0.25, 0.3) is 0 Å². The third kappa shape index (κ3) is 5.64. The first-order chi connectivity index (χ1) is 14.8. The van der Waals surface area contributed by atoms with Gasteiger partial charge in [0, 0.05) is 19.6 Å². The van der Waals surface area contributed by atoms with Gasteiger partial charge in [-0.1, -0.05) is 23.8 Å². The molecule has 0 radical (unpaired) electrons. The van der Waals surface area contributed by atoms with Crippen LogP contribution in [0.5, 0.6) is 5.75 Å². The summed E-state index contributed by atoms with van der Waals surface area (Å²) in [5, 5.41) is 2.89. The Bertz CT molecular complexity index is 1030. The highest BCUT2D eigenvalue weighted by molar-refractivity contribution is 7.89. The van der Waals surface area contributed by atoms with E-state index >= 15 is 0 Å². The Morgan fingerprint density at radius 1 is 1.13 bits per heavy atom. The van der Waals surface area contributed by atoms with E-state index in [-0.39, 0.29) is 16.4 Å². The lowest BCUT2D eigenvalue weighted by molar-refractivity contribution is 0.0730. The van der Waals surface area contributed by atoms with Crippen LogP contribution in [-0.2, 0) is 21.2 Å². The van der Waals surface area contributed by atoms with Crippen LogP contribution in [0.1, 0.15) is 33.5 Å². The van der Waals surface area contributed by atoms with E-state index in [0.29, 0.717) is 38.6 Å². The van der Waals surface area contributed by atoms with Crippen LogP contribution < -0.4 is 10.1 Å². The van der Waals surface area contributed by atoms with Gasteiger partial charge in [0.15, 0.2) is 0 Å². The molecule has 0 aromatic heterocycles. The number of amides is 1. The normalized spacial score (nSPS) is 14.9. The second-order valence-corrected chi connectivity index (χ2v) is 9.61. The van der Waals surface area contributed by atoms with Crippen molar-refractivity contribution in [1.29, 1.82) is 0 Å². The lowest BCUT2D eigenvalue weighted by Crippen LogP contribution is -2.40. The molecular weight excluding hydrogens is 416 g/mol. The lowest BCUT2D eigenvalue weighted by Gasteiger charge is -2.26. The number of morpholine rings is 1. The van der Waals surface area contributed by atoms with E-state index in [0.717, 1.165) is 12.8 Å². The van der Waals surface area contributed by atoms with Crippen molar-refractivity contribution in [3.8, 4) is 5.75 Å². The largest absolute Gasteiger partial charge is 0.496 e. The van der Waals surface area contributed by atoms with Crippen molar-refractivity contribution in [1.82, 2.24) is 9.62 Å². The van der Waals surface area contributed by atoms with Crippen molar-refractivity contribution < 1.29 is 22.7 Å². The fraction of sp³-hybridized carbons (Fsp3) is 0.435. The van der Waals surface area contributed by atoms with Gasteiger partial charge in [0.05, 0.1) is 30.8 Å². The number of sulfonamides is 1. The van der Waals surface area contributed by atoms with Crippen molar-refractivity contribution in [2.24, 2.45) is 0 Å². The summed E-state index contributed by atoms with van der Waals surface area (Å²) >= 11 is 0. The minimum atomic E-state index is -3.69. The first kappa shape index (κ1) is 23.2. The third-order valence-corrected chi connectivity index (χ3v) is 7.32. The summed E-state index contributed by atoms with van der Waals surface area (Å²) in [7, 11) is -2.23. The number of ether oxygens (including phenoxy) is 2. The predicted molar refractivity (Wildman–Crippen MR) is 119 cm³/mol. The van der Waals surface area contributed by atoms with Crippen molar-refractivity contribution in [3.05, 3.63) is 58.7 Å². The van der Waals surface area contributed by atoms with Gasteiger partial charge in [-0.25, -0.2) is 8.42 Å². The Kier molecular flexibility index (Phi) is 7.69. The fourth-order valence-corrected chi connectivity index (χ4v) is 5.10. The molecule has 1 N–H and O–H groups in total. The molecule has 168 valence electrons. The van der Waals surface area contributed by atoms with Gasteiger partial charge in [-0.05, 0) is 56.0 Å². The molecule has 31 heavy (non-hydrogen) atoms. The maximum absolute atomic E-state index is 12.9. The predicted octanol–water partition coefficient (Wildman–Crippen LogP) is 2.70. The van der Waals surface area contributed by atoms with Crippen LogP contribution in [0.4, 0.5) is 0 Å². The topological polar surface area (TPSA) is 84.9 Å². The molecule has 3 rings (SSSR count). The van der Waals surface area contributed by atoms with Crippen molar-refractivity contribution in [2.75, 3.05) is 40.0 Å². The van der Waals surface area contributed by atoms with Crippen LogP contribution in [0.15, 0.2) is 41.3 Å². The maximum atomic E-state index is 12.9. The molecule has 1 saturated heterocycles. The Morgan fingerprint density at radius 3 is 2.55 bits per heavy atom. The summed E-state index contributed by atoms with van der Waals surface area (Å²) < 4.78 is 37.8. The Morgan fingerprint density at radius 2 is 1.87 bits per heavy atom. The maximum Gasteiger partial charge on any atom is 0.255 e. The highest BCUT2D eigenvalue weighted by Crippen LogP contribution is 2.25. The molecule has 1 aliphatic heterocycles. The molecule has 0 saturated carbocycles. The van der Waals surface area contributed by atoms with E-state index < -0.39 is 10.0 Å². The smallest absolute Gasteiger partial charge is 0.255 e. The summed E-state index contributed by atoms with van der Waals surface area (Å²) in [6.07, 6.45) is 1.64. The highest BCUT2D eigenvalue weighted by atomic mass is 32.2. The molecule has 1 fully saturated rings. The molecule has 8 heteroatoms. The SMILES string of the molecule is COc1ccc(S(=O)(=O)N2CCOCC2)cc1C(=O)NCCCc1ccc(C)cc1C. The molecule has 1 aliphatic rings. The zero-order valence-corrected chi connectivity index (χ0v) is 19.1. The number of aryl methyl sites for hydroxylation is 3. The number of rotatable bonds is 8. The van der Waals surface area contributed by atoms with Gasteiger partial charge in [-0.2, -0.15) is 4.31 Å². The number of carbonyl (C=O) groups excluding carboxylic acids is 1. The zero-order valence-electron chi connectivity index (χ0n) is 18.3. The van der Waals surface area contributed by atoms with E-state index in [2.05, 4.69) is 37.4 Å². The molecule has 0 aliphatic carbocycles. The number of carbonyl (C=O) groups is 1. The van der Waals surface area contributed by atoms with Crippen LogP contribution in [0.2, 0.25) is 0 Å². The molecule has 0 atom stereocenters. The second kappa shape index (κ2) is 10.3. The molecule has 0 bridgehead atoms. The summed E-state index contributed by atoms with van der Waals surface area (Å²) in [5.41, 5.74) is 3.95. The van der Waals surface area contributed by atoms with Gasteiger partial charge in [0.25, 0.3) is 5.91 Å². The molecule has 0 unspecified atom stereocenters. The van der Waals surface area contributed by atoms with Gasteiger partial charge in [0.1, 0.15) is 5.75 Å². The molecular formula is C23H30N2O5S. The number of nitrogens with zero attached hydrogens (tertiary/aromatic N) is 1. The Hall–Kier alpha value is -2.42. The van der Waals surface area contributed by atoms with E-state index in [1.165, 1.54) is 46.3 Å². The standard InChI is InChI=1S/C23H30N2O5S/c1-17-6-7-19(18(2)15-17)5-4-10-24-23(26)21-16-20(8-9-22(21)29-3)31(27,28)25-11-13-30-14-12-25/h6-9,15-16H,4-5,10-14H2,1-3H3,(H,24,26). The van der Waals surface area contributed by atoms with Crippen LogP contribution >= 0.6 is 0 Å². The molecule has 0 spiro atoms. The van der Waals surface area contributed by atoms with E-state index in [1.54, 1.807) is 0 Å². The molecule has 1 amide bonds. The number of hydrogen-bond donors (Lipinski definition) is 1. The average molecular weight is 447 g/mol. The van der Waals surface area contributed by atoms with Crippen LogP contribution in [0.3, 0.4) is 0 Å². The van der Waals surface area contributed by atoms with Gasteiger partial charge < -0.3 is 14.8 Å². The summed E-state index contributed by atoms with van der Waals surface area (Å²) in [4.78, 5) is 12.9. The van der Waals surface area contributed by atoms with Crippen LogP contribution in [-0.4, -0.2) is 58.6 Å². The van der Waals surface area contributed by atoms with Crippen molar-refractivity contribution in [3.63, 3.8) is 0 Å². The summed E-state index contributed by atoms with van der Waals surface area (Å²) in [6.45, 7) is 5.97. The first-order valence-corrected chi connectivity index (χ1v) is 11.9. The fourth-order valence-electron chi connectivity index (χ4n) is 3.66. The minimum absolute atomic E-state index is 0.0793. The molecule has 7 nitrogen and oxygen atoms in total. The minimum Gasteiger partial charge on any atom is -0.496 e. The number of hydrogen-bond acceptors (Lipinski definition) is 5.